The number of carbonyl (C=O) groups is 2. The molecule has 2 heterocycles. The first-order valence-corrected chi connectivity index (χ1v) is 12.1. The van der Waals surface area contributed by atoms with Crippen LogP contribution in [0, 0.1) is 0 Å². The third-order valence-electron chi connectivity index (χ3n) is 3.92. The lowest BCUT2D eigenvalue weighted by molar-refractivity contribution is -0.113. The van der Waals surface area contributed by atoms with Crippen LogP contribution >= 0.6 is 34.4 Å². The molecule has 0 radical (unpaired) electrons. The monoisotopic (exact) mass is 478 g/mol. The van der Waals surface area contributed by atoms with E-state index >= 15 is 0 Å². The Morgan fingerprint density at radius 2 is 2.00 bits per heavy atom. The highest BCUT2D eigenvalue weighted by molar-refractivity contribution is 8.01. The summed E-state index contributed by atoms with van der Waals surface area (Å²) in [6.45, 7) is 3.21. The number of rotatable bonds is 11. The third-order valence-corrected chi connectivity index (χ3v) is 6.83. The zero-order valence-electron chi connectivity index (χ0n) is 17.0. The van der Waals surface area contributed by atoms with Gasteiger partial charge in [-0.25, -0.2) is 4.79 Å². The summed E-state index contributed by atoms with van der Waals surface area (Å²) in [6.07, 6.45) is 0. The number of hydrogen-bond donors (Lipinski definition) is 2. The molecule has 0 bridgehead atoms. The van der Waals surface area contributed by atoms with Crippen LogP contribution in [0.1, 0.15) is 17.3 Å². The fourth-order valence-electron chi connectivity index (χ4n) is 2.58. The maximum Gasteiger partial charge on any atom is 0.341 e. The fourth-order valence-corrected chi connectivity index (χ4v) is 5.13. The number of ether oxygens (including phenoxy) is 2. The van der Waals surface area contributed by atoms with Crippen LogP contribution in [0.2, 0.25) is 0 Å². The Kier molecular flexibility index (Phi) is 8.83. The number of nitrogens with one attached hydrogen (secondary N) is 2. The van der Waals surface area contributed by atoms with Crippen molar-refractivity contribution in [2.75, 3.05) is 43.3 Å². The second-order valence-corrected chi connectivity index (χ2v) is 9.15. The topological polar surface area (TPSA) is 102 Å². The maximum absolute atomic E-state index is 12.6. The number of hydrogen-bond acceptors (Lipinski definition) is 10. The fraction of sp³-hybridized carbons (Fsp3) is 0.300. The average molecular weight is 479 g/mol. The number of thiophene rings is 1. The van der Waals surface area contributed by atoms with E-state index in [0.29, 0.717) is 33.2 Å². The van der Waals surface area contributed by atoms with Crippen molar-refractivity contribution in [3.05, 3.63) is 41.3 Å². The number of carbonyl (C=O) groups excluding carboxylic acids is 2. The normalized spacial score (nSPS) is 10.6. The summed E-state index contributed by atoms with van der Waals surface area (Å²) in [7, 11) is 1.63. The highest BCUT2D eigenvalue weighted by atomic mass is 32.2. The summed E-state index contributed by atoms with van der Waals surface area (Å²) < 4.78 is 10.9. The van der Waals surface area contributed by atoms with Crippen molar-refractivity contribution in [1.82, 2.24) is 10.2 Å². The molecule has 0 aliphatic rings. The third kappa shape index (κ3) is 6.50. The Morgan fingerprint density at radius 1 is 1.19 bits per heavy atom. The van der Waals surface area contributed by atoms with Gasteiger partial charge in [-0.15, -0.1) is 21.5 Å². The number of aromatic nitrogens is 2. The van der Waals surface area contributed by atoms with E-state index in [1.54, 1.807) is 14.0 Å². The van der Waals surface area contributed by atoms with Crippen LogP contribution in [0.15, 0.2) is 40.1 Å². The molecule has 3 rings (SSSR count). The Hall–Kier alpha value is -2.47. The molecule has 0 aliphatic heterocycles. The summed E-state index contributed by atoms with van der Waals surface area (Å²) in [5, 5.41) is 17.0. The van der Waals surface area contributed by atoms with Crippen LogP contribution in [0.4, 0.5) is 10.1 Å². The Balaban J connectivity index is 1.65. The number of thioether (sulfide) groups is 1. The lowest BCUT2D eigenvalue weighted by Gasteiger charge is -2.08. The van der Waals surface area contributed by atoms with Crippen molar-refractivity contribution < 1.29 is 19.1 Å². The molecule has 2 N–H and O–H groups in total. The molecule has 1 amide bonds. The quantitative estimate of drug-likeness (QED) is 0.240. The molecule has 2 aromatic heterocycles. The lowest BCUT2D eigenvalue weighted by Crippen LogP contribution is -2.16. The first kappa shape index (κ1) is 23.2. The minimum atomic E-state index is -0.457. The second-order valence-electron chi connectivity index (χ2n) is 6.07. The molecule has 8 nitrogen and oxygen atoms in total. The number of methoxy groups -OCH3 is 1. The Morgan fingerprint density at radius 3 is 2.74 bits per heavy atom. The second kappa shape index (κ2) is 11.8. The van der Waals surface area contributed by atoms with Gasteiger partial charge in [-0.3, -0.25) is 4.79 Å². The number of benzene rings is 1. The molecule has 3 aromatic rings. The van der Waals surface area contributed by atoms with Gasteiger partial charge < -0.3 is 20.1 Å². The van der Waals surface area contributed by atoms with Gasteiger partial charge in [0.15, 0.2) is 4.34 Å². The summed E-state index contributed by atoms with van der Waals surface area (Å²) in [5.74, 6) is -0.546. The van der Waals surface area contributed by atoms with E-state index < -0.39 is 5.97 Å². The van der Waals surface area contributed by atoms with E-state index in [4.69, 9.17) is 9.47 Å². The van der Waals surface area contributed by atoms with Crippen LogP contribution < -0.4 is 10.6 Å². The lowest BCUT2D eigenvalue weighted by atomic mass is 10.0. The van der Waals surface area contributed by atoms with Crippen molar-refractivity contribution in [3.8, 4) is 11.1 Å². The van der Waals surface area contributed by atoms with Gasteiger partial charge in [-0.1, -0.05) is 53.4 Å². The molecule has 164 valence electrons. The molecule has 0 saturated carbocycles. The minimum absolute atomic E-state index is 0.146. The predicted molar refractivity (Wildman–Crippen MR) is 125 cm³/mol. The Bertz CT molecular complexity index is 1010. The van der Waals surface area contributed by atoms with Gasteiger partial charge in [0.1, 0.15) is 10.6 Å². The molecule has 1 aromatic carbocycles. The van der Waals surface area contributed by atoms with Crippen LogP contribution in [0.5, 0.6) is 0 Å². The highest BCUT2D eigenvalue weighted by Crippen LogP contribution is 2.36. The zero-order valence-corrected chi connectivity index (χ0v) is 19.5. The van der Waals surface area contributed by atoms with Gasteiger partial charge >= 0.3 is 5.97 Å². The maximum atomic E-state index is 12.6. The van der Waals surface area contributed by atoms with Crippen molar-refractivity contribution in [2.45, 2.75) is 11.3 Å². The smallest absolute Gasteiger partial charge is 0.341 e. The number of nitrogens with zero attached hydrogens (tertiary/aromatic N) is 2. The van der Waals surface area contributed by atoms with Gasteiger partial charge in [-0.2, -0.15) is 0 Å². The largest absolute Gasteiger partial charge is 0.462 e. The molecule has 0 saturated heterocycles. The molecule has 11 heteroatoms. The van der Waals surface area contributed by atoms with E-state index in [0.717, 1.165) is 11.1 Å². The first-order chi connectivity index (χ1) is 15.1. The van der Waals surface area contributed by atoms with E-state index in [1.165, 1.54) is 34.4 Å². The van der Waals surface area contributed by atoms with Crippen molar-refractivity contribution in [1.29, 1.82) is 0 Å². The van der Waals surface area contributed by atoms with Crippen molar-refractivity contribution >= 4 is 56.4 Å². The van der Waals surface area contributed by atoms with Crippen LogP contribution in [-0.4, -0.2) is 54.7 Å². The van der Waals surface area contributed by atoms with Crippen LogP contribution in [0.3, 0.4) is 0 Å². The molecular weight excluding hydrogens is 456 g/mol. The van der Waals surface area contributed by atoms with Gasteiger partial charge in [0, 0.05) is 24.6 Å². The van der Waals surface area contributed by atoms with Gasteiger partial charge in [0.05, 0.1) is 19.0 Å². The zero-order chi connectivity index (χ0) is 22.1. The molecule has 0 aliphatic carbocycles. The summed E-state index contributed by atoms with van der Waals surface area (Å²) in [6, 6.07) is 9.54. The van der Waals surface area contributed by atoms with E-state index in [1.807, 2.05) is 35.7 Å². The minimum Gasteiger partial charge on any atom is -0.462 e. The van der Waals surface area contributed by atoms with Crippen molar-refractivity contribution in [3.63, 3.8) is 0 Å². The van der Waals surface area contributed by atoms with Crippen LogP contribution in [0.25, 0.3) is 11.1 Å². The predicted octanol–water partition coefficient (Wildman–Crippen LogP) is 4.23. The standard InChI is InChI=1S/C20H22N4O4S3/c1-3-28-18(26)16-14(13-7-5-4-6-8-13)11-29-17(16)22-15(25)12-30-20-24-23-19(31-20)21-9-10-27-2/h4-8,11H,3,9-10,12H2,1-2H3,(H,21,23)(H,22,25). The molecule has 0 atom stereocenters. The highest BCUT2D eigenvalue weighted by Gasteiger charge is 2.23. The number of esters is 1. The van der Waals surface area contributed by atoms with Gasteiger partial charge in [0.2, 0.25) is 11.0 Å². The molecule has 31 heavy (non-hydrogen) atoms. The molecule has 0 spiro atoms. The molecule has 0 unspecified atom stereocenters. The van der Waals surface area contributed by atoms with Crippen LogP contribution in [-0.2, 0) is 14.3 Å². The number of anilines is 2. The summed E-state index contributed by atoms with van der Waals surface area (Å²) in [4.78, 5) is 25.1. The number of amides is 1. The van der Waals surface area contributed by atoms with E-state index in [-0.39, 0.29) is 18.3 Å². The van der Waals surface area contributed by atoms with Gasteiger partial charge in [-0.05, 0) is 12.5 Å². The van der Waals surface area contributed by atoms with Crippen molar-refractivity contribution in [2.24, 2.45) is 0 Å². The van der Waals surface area contributed by atoms with E-state index in [9.17, 15) is 9.59 Å². The molecular formula is C20H22N4O4S3. The summed E-state index contributed by atoms with van der Waals surface area (Å²) >= 11 is 3.96. The van der Waals surface area contributed by atoms with E-state index in [2.05, 4.69) is 20.8 Å². The summed E-state index contributed by atoms with van der Waals surface area (Å²) in [5.41, 5.74) is 2.00. The van der Waals surface area contributed by atoms with Gasteiger partial charge in [0.25, 0.3) is 0 Å². The first-order valence-electron chi connectivity index (χ1n) is 9.45. The molecule has 0 fully saturated rings. The SMILES string of the molecule is CCOC(=O)c1c(-c2ccccc2)csc1NC(=O)CSc1nnc(NCCOC)s1. The Labute approximate surface area is 192 Å². The average Bonchev–Trinajstić information content (AvgIpc) is 3.40.